The van der Waals surface area contributed by atoms with Crippen LogP contribution in [0.4, 0.5) is 10.1 Å². The highest BCUT2D eigenvalue weighted by atomic mass is 19.1. The van der Waals surface area contributed by atoms with E-state index < -0.39 is 11.4 Å². The van der Waals surface area contributed by atoms with Gasteiger partial charge in [0, 0.05) is 12.1 Å². The molecule has 5 nitrogen and oxygen atoms in total. The SMILES string of the molecule is CC(C)(C(=O)O)c1ccc(NC(=O)CCCOc2ccc(F)cc2)cc1. The number of amides is 1. The monoisotopic (exact) mass is 359 g/mol. The summed E-state index contributed by atoms with van der Waals surface area (Å²) in [5, 5.41) is 12.0. The summed E-state index contributed by atoms with van der Waals surface area (Å²) in [7, 11) is 0. The number of halogens is 1. The Kier molecular flexibility index (Phi) is 6.33. The van der Waals surface area contributed by atoms with Gasteiger partial charge in [-0.05, 0) is 62.2 Å². The first-order valence-electron chi connectivity index (χ1n) is 8.31. The van der Waals surface area contributed by atoms with Crippen LogP contribution in [0.25, 0.3) is 0 Å². The summed E-state index contributed by atoms with van der Waals surface area (Å²) in [6.07, 6.45) is 0.802. The third-order valence-corrected chi connectivity index (χ3v) is 4.06. The van der Waals surface area contributed by atoms with E-state index in [1.165, 1.54) is 24.3 Å². The normalized spacial score (nSPS) is 11.0. The third kappa shape index (κ3) is 5.31. The van der Waals surface area contributed by atoms with Crippen molar-refractivity contribution in [3.8, 4) is 5.75 Å². The minimum atomic E-state index is -0.986. The second-order valence-corrected chi connectivity index (χ2v) is 6.46. The molecule has 0 spiro atoms. The van der Waals surface area contributed by atoms with Gasteiger partial charge in [-0.2, -0.15) is 0 Å². The van der Waals surface area contributed by atoms with Crippen molar-refractivity contribution in [2.45, 2.75) is 32.1 Å². The minimum absolute atomic E-state index is 0.155. The highest BCUT2D eigenvalue weighted by molar-refractivity contribution is 5.90. The Hall–Kier alpha value is -2.89. The Bertz CT molecular complexity index is 754. The third-order valence-electron chi connectivity index (χ3n) is 4.06. The zero-order chi connectivity index (χ0) is 19.2. The maximum Gasteiger partial charge on any atom is 0.313 e. The van der Waals surface area contributed by atoms with E-state index in [1.807, 2.05) is 0 Å². The second kappa shape index (κ2) is 8.47. The Morgan fingerprint density at radius 1 is 1.08 bits per heavy atom. The largest absolute Gasteiger partial charge is 0.494 e. The Morgan fingerprint density at radius 2 is 1.69 bits per heavy atom. The van der Waals surface area contributed by atoms with E-state index in [-0.39, 0.29) is 18.1 Å². The fraction of sp³-hybridized carbons (Fsp3) is 0.300. The zero-order valence-electron chi connectivity index (χ0n) is 14.8. The average Bonchev–Trinajstić information content (AvgIpc) is 2.60. The van der Waals surface area contributed by atoms with Gasteiger partial charge in [-0.3, -0.25) is 9.59 Å². The standard InChI is InChI=1S/C20H22FNO4/c1-20(2,19(24)25)14-5-9-16(10-6-14)22-18(23)4-3-13-26-17-11-7-15(21)8-12-17/h5-12H,3-4,13H2,1-2H3,(H,22,23)(H,24,25). The molecule has 0 saturated carbocycles. The highest BCUT2D eigenvalue weighted by Crippen LogP contribution is 2.24. The van der Waals surface area contributed by atoms with Crippen LogP contribution < -0.4 is 10.1 Å². The number of anilines is 1. The summed E-state index contributed by atoms with van der Waals surface area (Å²) in [6.45, 7) is 3.61. The average molecular weight is 359 g/mol. The number of hydrogen-bond donors (Lipinski definition) is 2. The number of ether oxygens (including phenoxy) is 1. The predicted molar refractivity (Wildman–Crippen MR) is 96.9 cm³/mol. The maximum atomic E-state index is 12.8. The molecule has 2 N–H and O–H groups in total. The van der Waals surface area contributed by atoms with Gasteiger partial charge in [-0.25, -0.2) is 4.39 Å². The number of carboxylic acids is 1. The first kappa shape index (κ1) is 19.4. The maximum absolute atomic E-state index is 12.8. The van der Waals surface area contributed by atoms with E-state index in [1.54, 1.807) is 38.1 Å². The van der Waals surface area contributed by atoms with Gasteiger partial charge < -0.3 is 15.2 Å². The molecule has 2 aromatic carbocycles. The molecule has 0 aliphatic carbocycles. The summed E-state index contributed by atoms with van der Waals surface area (Å²) in [5.74, 6) is -0.827. The van der Waals surface area contributed by atoms with E-state index in [0.717, 1.165) is 0 Å². The molecule has 1 amide bonds. The zero-order valence-corrected chi connectivity index (χ0v) is 14.8. The van der Waals surface area contributed by atoms with Crippen molar-refractivity contribution in [2.75, 3.05) is 11.9 Å². The van der Waals surface area contributed by atoms with E-state index in [2.05, 4.69) is 5.32 Å². The van der Waals surface area contributed by atoms with Crippen molar-refractivity contribution < 1.29 is 23.8 Å². The molecule has 0 unspecified atom stereocenters. The Morgan fingerprint density at radius 3 is 2.27 bits per heavy atom. The molecule has 0 aliphatic heterocycles. The van der Waals surface area contributed by atoms with E-state index in [4.69, 9.17) is 4.74 Å². The second-order valence-electron chi connectivity index (χ2n) is 6.46. The molecular weight excluding hydrogens is 337 g/mol. The number of aliphatic carboxylic acids is 1. The molecule has 2 rings (SSSR count). The summed E-state index contributed by atoms with van der Waals surface area (Å²) < 4.78 is 18.2. The molecule has 0 heterocycles. The Labute approximate surface area is 151 Å². The van der Waals surface area contributed by atoms with Gasteiger partial charge in [0.05, 0.1) is 12.0 Å². The van der Waals surface area contributed by atoms with Crippen molar-refractivity contribution >= 4 is 17.6 Å². The minimum Gasteiger partial charge on any atom is -0.494 e. The highest BCUT2D eigenvalue weighted by Gasteiger charge is 2.29. The number of nitrogens with one attached hydrogen (secondary N) is 1. The molecular formula is C20H22FNO4. The fourth-order valence-electron chi connectivity index (χ4n) is 2.27. The molecule has 0 saturated heterocycles. The fourth-order valence-corrected chi connectivity index (χ4v) is 2.27. The molecule has 0 radical (unpaired) electrons. The number of benzene rings is 2. The van der Waals surface area contributed by atoms with Crippen LogP contribution in [0.15, 0.2) is 48.5 Å². The summed E-state index contributed by atoms with van der Waals surface area (Å²) >= 11 is 0. The number of carbonyl (C=O) groups is 2. The first-order chi connectivity index (χ1) is 12.3. The smallest absolute Gasteiger partial charge is 0.313 e. The van der Waals surface area contributed by atoms with Gasteiger partial charge in [0.2, 0.25) is 5.91 Å². The van der Waals surface area contributed by atoms with Crippen LogP contribution in [0.2, 0.25) is 0 Å². The lowest BCUT2D eigenvalue weighted by Gasteiger charge is -2.19. The number of hydrogen-bond acceptors (Lipinski definition) is 3. The van der Waals surface area contributed by atoms with Crippen LogP contribution >= 0.6 is 0 Å². The van der Waals surface area contributed by atoms with Gasteiger partial charge in [0.25, 0.3) is 0 Å². The number of carboxylic acid groups (broad SMARTS) is 1. The van der Waals surface area contributed by atoms with E-state index >= 15 is 0 Å². The van der Waals surface area contributed by atoms with Gasteiger partial charge in [0.15, 0.2) is 0 Å². The van der Waals surface area contributed by atoms with E-state index in [9.17, 15) is 19.1 Å². The van der Waals surface area contributed by atoms with Crippen LogP contribution in [0.5, 0.6) is 5.75 Å². The van der Waals surface area contributed by atoms with Gasteiger partial charge in [-0.15, -0.1) is 0 Å². The number of rotatable bonds is 8. The lowest BCUT2D eigenvalue weighted by atomic mass is 9.85. The Balaban J connectivity index is 1.77. The van der Waals surface area contributed by atoms with Crippen LogP contribution in [0.1, 0.15) is 32.3 Å². The van der Waals surface area contributed by atoms with Gasteiger partial charge >= 0.3 is 5.97 Å². The summed E-state index contributed by atoms with van der Waals surface area (Å²) in [4.78, 5) is 23.2. The molecule has 2 aromatic rings. The molecule has 26 heavy (non-hydrogen) atoms. The van der Waals surface area contributed by atoms with Crippen molar-refractivity contribution in [1.29, 1.82) is 0 Å². The lowest BCUT2D eigenvalue weighted by Crippen LogP contribution is -2.28. The van der Waals surface area contributed by atoms with Crippen molar-refractivity contribution in [3.63, 3.8) is 0 Å². The predicted octanol–water partition coefficient (Wildman–Crippen LogP) is 3.99. The molecule has 138 valence electrons. The summed E-state index contributed by atoms with van der Waals surface area (Å²) in [5.41, 5.74) is 0.287. The lowest BCUT2D eigenvalue weighted by molar-refractivity contribution is -0.142. The van der Waals surface area contributed by atoms with Crippen molar-refractivity contribution in [1.82, 2.24) is 0 Å². The van der Waals surface area contributed by atoms with Crippen molar-refractivity contribution in [3.05, 3.63) is 59.9 Å². The quantitative estimate of drug-likeness (QED) is 0.699. The summed E-state index contributed by atoms with van der Waals surface area (Å²) in [6, 6.07) is 12.5. The first-order valence-corrected chi connectivity index (χ1v) is 8.31. The molecule has 0 fully saturated rings. The van der Waals surface area contributed by atoms with Crippen LogP contribution in [0, 0.1) is 5.82 Å². The molecule has 0 aromatic heterocycles. The van der Waals surface area contributed by atoms with Crippen LogP contribution in [0.3, 0.4) is 0 Å². The topological polar surface area (TPSA) is 75.6 Å². The van der Waals surface area contributed by atoms with Gasteiger partial charge in [-0.1, -0.05) is 12.1 Å². The van der Waals surface area contributed by atoms with E-state index in [0.29, 0.717) is 30.0 Å². The van der Waals surface area contributed by atoms with Gasteiger partial charge in [0.1, 0.15) is 11.6 Å². The number of carbonyl (C=O) groups excluding carboxylic acids is 1. The van der Waals surface area contributed by atoms with Crippen LogP contribution in [-0.4, -0.2) is 23.6 Å². The van der Waals surface area contributed by atoms with Crippen molar-refractivity contribution in [2.24, 2.45) is 0 Å². The molecule has 0 atom stereocenters. The molecule has 0 bridgehead atoms. The molecule has 6 heteroatoms. The van der Waals surface area contributed by atoms with Crippen LogP contribution in [-0.2, 0) is 15.0 Å². The molecule has 0 aliphatic rings.